The molecule has 2 atom stereocenters. The normalized spacial score (nSPS) is 27.3. The van der Waals surface area contributed by atoms with E-state index in [1.165, 1.54) is 12.0 Å². The van der Waals surface area contributed by atoms with E-state index in [0.717, 1.165) is 49.7 Å². The quantitative estimate of drug-likeness (QED) is 0.342. The van der Waals surface area contributed by atoms with Crippen molar-refractivity contribution in [3.63, 3.8) is 0 Å². The average Bonchev–Trinajstić information content (AvgIpc) is 3.19. The van der Waals surface area contributed by atoms with Gasteiger partial charge >= 0.3 is 18.4 Å². The first-order chi connectivity index (χ1) is 16.7. The van der Waals surface area contributed by atoms with Crippen molar-refractivity contribution >= 4 is 11.7 Å². The summed E-state index contributed by atoms with van der Waals surface area (Å²) in [5.74, 6) is 1.42. The molecular formula is C26H31F6N3O. The number of anilines is 1. The fourth-order valence-corrected chi connectivity index (χ4v) is 6.53. The maximum Gasteiger partial charge on any atom is 0.416 e. The Hall–Kier alpha value is -2.23. The van der Waals surface area contributed by atoms with Crippen LogP contribution in [0.3, 0.4) is 0 Å². The van der Waals surface area contributed by atoms with Crippen molar-refractivity contribution in [3.8, 4) is 0 Å². The molecule has 4 nitrogen and oxygen atoms in total. The van der Waals surface area contributed by atoms with E-state index in [1.54, 1.807) is 4.90 Å². The summed E-state index contributed by atoms with van der Waals surface area (Å²) >= 11 is 0. The van der Waals surface area contributed by atoms with E-state index in [0.29, 0.717) is 23.5 Å². The zero-order chi connectivity index (χ0) is 26.0. The highest BCUT2D eigenvalue weighted by Gasteiger charge is 2.51. The van der Waals surface area contributed by atoms with Crippen molar-refractivity contribution in [2.75, 3.05) is 37.6 Å². The van der Waals surface area contributed by atoms with Crippen molar-refractivity contribution in [2.24, 2.45) is 17.3 Å². The number of fused-ring (bicyclic) bond motifs is 1. The van der Waals surface area contributed by atoms with Gasteiger partial charge in [-0.1, -0.05) is 25.5 Å². The lowest BCUT2D eigenvalue weighted by Crippen LogP contribution is -2.51. The zero-order valence-electron chi connectivity index (χ0n) is 20.4. The van der Waals surface area contributed by atoms with Gasteiger partial charge in [-0.25, -0.2) is 4.79 Å². The van der Waals surface area contributed by atoms with Crippen molar-refractivity contribution in [3.05, 3.63) is 41.0 Å². The molecule has 6 rings (SSSR count). The standard InChI is InChI=1S/C26H31F6N3O/c1-24(2)17-4-3-16(22(24)14-17)15-33-7-5-20(6-8-33)34-9-10-35(23(34)36)21-12-18(25(27,28)29)11-19(13-21)26(30,31)32/h3,11-13,17,20,22H,4-10,14-15H2,1-2H3/t17-,22-/m0/s1. The molecule has 0 N–H and O–H groups in total. The van der Waals surface area contributed by atoms with Gasteiger partial charge in [0.25, 0.3) is 0 Å². The van der Waals surface area contributed by atoms with Gasteiger partial charge in [0.15, 0.2) is 0 Å². The van der Waals surface area contributed by atoms with Crippen LogP contribution in [-0.2, 0) is 12.4 Å². The summed E-state index contributed by atoms with van der Waals surface area (Å²) < 4.78 is 79.6. The van der Waals surface area contributed by atoms with Crippen LogP contribution in [0.15, 0.2) is 29.8 Å². The van der Waals surface area contributed by atoms with Crippen LogP contribution in [0.1, 0.15) is 50.7 Å². The van der Waals surface area contributed by atoms with Gasteiger partial charge in [-0.3, -0.25) is 9.80 Å². The van der Waals surface area contributed by atoms with Gasteiger partial charge in [0, 0.05) is 44.5 Å². The molecule has 3 aliphatic carbocycles. The SMILES string of the molecule is CC1(C)[C@H]2CC=C(CN3CCC(N4CCN(c5cc(C(F)(F)F)cc(C(F)(F)F)c5)C4=O)CC3)[C@@H]1C2. The van der Waals surface area contributed by atoms with E-state index < -0.39 is 29.5 Å². The Morgan fingerprint density at radius 2 is 1.53 bits per heavy atom. The van der Waals surface area contributed by atoms with Gasteiger partial charge < -0.3 is 4.90 Å². The summed E-state index contributed by atoms with van der Waals surface area (Å²) in [6.07, 6.45) is -3.64. The number of amides is 2. The van der Waals surface area contributed by atoms with Crippen molar-refractivity contribution < 1.29 is 31.1 Å². The Morgan fingerprint density at radius 3 is 2.06 bits per heavy atom. The number of hydrogen-bond donors (Lipinski definition) is 0. The number of piperidine rings is 1. The monoisotopic (exact) mass is 515 g/mol. The van der Waals surface area contributed by atoms with E-state index in [2.05, 4.69) is 24.8 Å². The van der Waals surface area contributed by atoms with Crippen LogP contribution in [0.25, 0.3) is 0 Å². The molecule has 10 heteroatoms. The molecule has 0 spiro atoms. The predicted octanol–water partition coefficient (Wildman–Crippen LogP) is 6.42. The van der Waals surface area contributed by atoms with Crippen molar-refractivity contribution in [1.82, 2.24) is 9.80 Å². The van der Waals surface area contributed by atoms with Gasteiger partial charge in [-0.2, -0.15) is 26.3 Å². The number of carbonyl (C=O) groups is 1. The minimum atomic E-state index is -4.95. The number of alkyl halides is 6. The summed E-state index contributed by atoms with van der Waals surface area (Å²) in [5, 5.41) is 0. The first-order valence-electron chi connectivity index (χ1n) is 12.5. The first-order valence-corrected chi connectivity index (χ1v) is 12.5. The minimum Gasteiger partial charge on any atom is -0.319 e. The fraction of sp³-hybridized carbons (Fsp3) is 0.654. The summed E-state index contributed by atoms with van der Waals surface area (Å²) in [5.41, 5.74) is -1.32. The summed E-state index contributed by atoms with van der Waals surface area (Å²) in [6, 6.07) is 0.743. The van der Waals surface area contributed by atoms with E-state index in [1.807, 2.05) is 0 Å². The number of likely N-dealkylation sites (tertiary alicyclic amines) is 1. The molecule has 198 valence electrons. The van der Waals surface area contributed by atoms with Crippen LogP contribution < -0.4 is 4.90 Å². The van der Waals surface area contributed by atoms with Crippen LogP contribution in [0, 0.1) is 17.3 Å². The molecule has 2 saturated heterocycles. The smallest absolute Gasteiger partial charge is 0.319 e. The zero-order valence-corrected chi connectivity index (χ0v) is 20.4. The average molecular weight is 516 g/mol. The number of halogens is 6. The molecule has 0 unspecified atom stereocenters. The highest BCUT2D eigenvalue weighted by Crippen LogP contribution is 2.59. The molecule has 5 aliphatic rings. The fourth-order valence-electron chi connectivity index (χ4n) is 6.53. The third-order valence-corrected chi connectivity index (χ3v) is 8.91. The molecule has 1 aromatic carbocycles. The van der Waals surface area contributed by atoms with Gasteiger partial charge in [0.05, 0.1) is 11.1 Å². The van der Waals surface area contributed by atoms with E-state index >= 15 is 0 Å². The second-order valence-corrected chi connectivity index (χ2v) is 11.2. The van der Waals surface area contributed by atoms with Crippen LogP contribution in [0.5, 0.6) is 0 Å². The summed E-state index contributed by atoms with van der Waals surface area (Å²) in [7, 11) is 0. The Morgan fingerprint density at radius 1 is 0.917 bits per heavy atom. The van der Waals surface area contributed by atoms with Crippen LogP contribution >= 0.6 is 0 Å². The third-order valence-electron chi connectivity index (χ3n) is 8.91. The van der Waals surface area contributed by atoms with Crippen LogP contribution in [-0.4, -0.2) is 54.6 Å². The lowest BCUT2D eigenvalue weighted by Gasteiger charge is -2.57. The minimum absolute atomic E-state index is 0.0580. The second-order valence-electron chi connectivity index (χ2n) is 11.2. The maximum atomic E-state index is 13.3. The van der Waals surface area contributed by atoms with Gasteiger partial charge in [-0.15, -0.1) is 0 Å². The highest BCUT2D eigenvalue weighted by atomic mass is 19.4. The second kappa shape index (κ2) is 8.67. The Bertz CT molecular complexity index is 1020. The first kappa shape index (κ1) is 25.4. The lowest BCUT2D eigenvalue weighted by molar-refractivity contribution is -0.143. The predicted molar refractivity (Wildman–Crippen MR) is 123 cm³/mol. The largest absolute Gasteiger partial charge is 0.416 e. The molecule has 36 heavy (non-hydrogen) atoms. The van der Waals surface area contributed by atoms with Gasteiger partial charge in [-0.05, 0) is 61.1 Å². The number of urea groups is 1. The molecule has 3 fully saturated rings. The number of allylic oxidation sites excluding steroid dienone is 1. The summed E-state index contributed by atoms with van der Waals surface area (Å²) in [6.45, 7) is 7.58. The number of benzene rings is 1. The molecule has 2 bridgehead atoms. The number of nitrogens with zero attached hydrogens (tertiary/aromatic N) is 3. The molecule has 2 heterocycles. The Labute approximate surface area is 206 Å². The number of rotatable bonds is 4. The van der Waals surface area contributed by atoms with Gasteiger partial charge in [0.2, 0.25) is 0 Å². The van der Waals surface area contributed by atoms with Crippen LogP contribution in [0.2, 0.25) is 0 Å². The molecule has 2 amide bonds. The Kier molecular flexibility index (Phi) is 6.12. The Balaban J connectivity index is 1.23. The van der Waals surface area contributed by atoms with Gasteiger partial charge in [0.1, 0.15) is 0 Å². The van der Waals surface area contributed by atoms with E-state index in [4.69, 9.17) is 0 Å². The van der Waals surface area contributed by atoms with Crippen molar-refractivity contribution in [1.29, 1.82) is 0 Å². The van der Waals surface area contributed by atoms with E-state index in [-0.39, 0.29) is 30.9 Å². The highest BCUT2D eigenvalue weighted by molar-refractivity contribution is 5.94. The summed E-state index contributed by atoms with van der Waals surface area (Å²) in [4.78, 5) is 18.2. The topological polar surface area (TPSA) is 26.8 Å². The molecular weight excluding hydrogens is 484 g/mol. The molecule has 2 aliphatic heterocycles. The van der Waals surface area contributed by atoms with E-state index in [9.17, 15) is 31.1 Å². The van der Waals surface area contributed by atoms with Crippen LogP contribution in [0.4, 0.5) is 36.8 Å². The number of carbonyl (C=O) groups excluding carboxylic acids is 1. The third kappa shape index (κ3) is 4.50. The molecule has 1 saturated carbocycles. The van der Waals surface area contributed by atoms with Crippen molar-refractivity contribution in [2.45, 2.75) is 57.9 Å². The maximum absolute atomic E-state index is 13.3. The lowest BCUT2D eigenvalue weighted by atomic mass is 9.49. The molecule has 0 radical (unpaired) electrons. The molecule has 0 aromatic heterocycles. The number of hydrogen-bond acceptors (Lipinski definition) is 2. The molecule has 1 aromatic rings.